The standard InChI is InChI=1S/C11H20N2O2/c1-4-5-9(6-12)11(15)13-10(7-14)8(2)3/h8-10,14H,4-5,7H2,1-3H3,(H,13,15)/t9?,10-/m1/s1. The maximum Gasteiger partial charge on any atom is 0.237 e. The van der Waals surface area contributed by atoms with E-state index in [1.165, 1.54) is 0 Å². The lowest BCUT2D eigenvalue weighted by atomic mass is 10.0. The van der Waals surface area contributed by atoms with Gasteiger partial charge in [0.2, 0.25) is 5.91 Å². The molecular weight excluding hydrogens is 192 g/mol. The van der Waals surface area contributed by atoms with Crippen LogP contribution in [0.15, 0.2) is 0 Å². The molecule has 0 saturated carbocycles. The van der Waals surface area contributed by atoms with E-state index < -0.39 is 5.92 Å². The molecule has 0 aliphatic heterocycles. The van der Waals surface area contributed by atoms with Crippen molar-refractivity contribution in [3.8, 4) is 6.07 Å². The fraction of sp³-hybridized carbons (Fsp3) is 0.818. The summed E-state index contributed by atoms with van der Waals surface area (Å²) in [6.45, 7) is 5.68. The molecular formula is C11H20N2O2. The van der Waals surface area contributed by atoms with Gasteiger partial charge in [0.15, 0.2) is 0 Å². The molecule has 15 heavy (non-hydrogen) atoms. The molecule has 0 aliphatic rings. The maximum atomic E-state index is 11.6. The number of nitriles is 1. The van der Waals surface area contributed by atoms with Gasteiger partial charge >= 0.3 is 0 Å². The topological polar surface area (TPSA) is 73.1 Å². The lowest BCUT2D eigenvalue weighted by Gasteiger charge is -2.21. The average Bonchev–Trinajstić information content (AvgIpc) is 2.21. The van der Waals surface area contributed by atoms with E-state index in [0.717, 1.165) is 6.42 Å². The fourth-order valence-electron chi connectivity index (χ4n) is 1.25. The summed E-state index contributed by atoms with van der Waals surface area (Å²) in [5.74, 6) is -0.699. The van der Waals surface area contributed by atoms with Crippen LogP contribution in [0.3, 0.4) is 0 Å². The van der Waals surface area contributed by atoms with Crippen molar-refractivity contribution in [2.45, 2.75) is 39.7 Å². The normalized spacial score (nSPS) is 14.4. The van der Waals surface area contributed by atoms with Crippen molar-refractivity contribution in [1.82, 2.24) is 5.32 Å². The summed E-state index contributed by atoms with van der Waals surface area (Å²) in [6, 6.07) is 1.72. The van der Waals surface area contributed by atoms with Gasteiger partial charge in [0.05, 0.1) is 18.7 Å². The fourth-order valence-corrected chi connectivity index (χ4v) is 1.25. The molecule has 0 fully saturated rings. The number of aliphatic hydroxyl groups is 1. The Kier molecular flexibility index (Phi) is 6.72. The number of rotatable bonds is 6. The van der Waals surface area contributed by atoms with E-state index in [2.05, 4.69) is 5.32 Å². The molecule has 4 nitrogen and oxygen atoms in total. The summed E-state index contributed by atoms with van der Waals surface area (Å²) in [4.78, 5) is 11.6. The smallest absolute Gasteiger partial charge is 0.237 e. The zero-order valence-corrected chi connectivity index (χ0v) is 9.66. The molecule has 0 rings (SSSR count). The molecule has 0 spiro atoms. The Hall–Kier alpha value is -1.08. The molecule has 0 radical (unpaired) electrons. The molecule has 2 atom stereocenters. The van der Waals surface area contributed by atoms with E-state index in [4.69, 9.17) is 10.4 Å². The van der Waals surface area contributed by atoms with Crippen molar-refractivity contribution >= 4 is 5.91 Å². The second-order valence-corrected chi connectivity index (χ2v) is 4.01. The third kappa shape index (κ3) is 4.80. The van der Waals surface area contributed by atoms with E-state index in [9.17, 15) is 4.79 Å². The van der Waals surface area contributed by atoms with Gasteiger partial charge in [0.1, 0.15) is 5.92 Å². The van der Waals surface area contributed by atoms with Crippen molar-refractivity contribution in [3.05, 3.63) is 0 Å². The first-order chi connectivity index (χ1) is 7.06. The minimum absolute atomic E-state index is 0.0896. The molecule has 1 amide bonds. The molecule has 0 heterocycles. The summed E-state index contributed by atoms with van der Waals surface area (Å²) < 4.78 is 0. The van der Waals surface area contributed by atoms with E-state index in [1.807, 2.05) is 26.8 Å². The molecule has 0 aromatic rings. The van der Waals surface area contributed by atoms with Crippen molar-refractivity contribution in [2.24, 2.45) is 11.8 Å². The third-order valence-electron chi connectivity index (χ3n) is 2.38. The van der Waals surface area contributed by atoms with Gasteiger partial charge in [-0.3, -0.25) is 4.79 Å². The number of carbonyl (C=O) groups is 1. The van der Waals surface area contributed by atoms with Crippen LogP contribution in [0.4, 0.5) is 0 Å². The highest BCUT2D eigenvalue weighted by molar-refractivity contribution is 5.81. The first kappa shape index (κ1) is 13.9. The van der Waals surface area contributed by atoms with Crippen LogP contribution in [0.1, 0.15) is 33.6 Å². The van der Waals surface area contributed by atoms with Gasteiger partial charge in [-0.1, -0.05) is 27.2 Å². The zero-order valence-electron chi connectivity index (χ0n) is 9.66. The Bertz CT molecular complexity index is 233. The van der Waals surface area contributed by atoms with E-state index >= 15 is 0 Å². The summed E-state index contributed by atoms with van der Waals surface area (Å²) in [5, 5.41) is 20.5. The number of nitrogens with one attached hydrogen (secondary N) is 1. The maximum absolute atomic E-state index is 11.6. The molecule has 0 aromatic heterocycles. The Morgan fingerprint density at radius 2 is 2.13 bits per heavy atom. The molecule has 0 bridgehead atoms. The average molecular weight is 212 g/mol. The van der Waals surface area contributed by atoms with Crippen LogP contribution in [-0.4, -0.2) is 23.7 Å². The van der Waals surface area contributed by atoms with Crippen molar-refractivity contribution in [3.63, 3.8) is 0 Å². The number of hydrogen-bond donors (Lipinski definition) is 2. The van der Waals surface area contributed by atoms with E-state index in [1.54, 1.807) is 0 Å². The highest BCUT2D eigenvalue weighted by atomic mass is 16.3. The third-order valence-corrected chi connectivity index (χ3v) is 2.38. The minimum atomic E-state index is -0.595. The highest BCUT2D eigenvalue weighted by Crippen LogP contribution is 2.07. The predicted molar refractivity (Wildman–Crippen MR) is 57.9 cm³/mol. The lowest BCUT2D eigenvalue weighted by molar-refractivity contribution is -0.124. The summed E-state index contributed by atoms with van der Waals surface area (Å²) in [7, 11) is 0. The van der Waals surface area contributed by atoms with Crippen LogP contribution in [0.5, 0.6) is 0 Å². The van der Waals surface area contributed by atoms with Crippen molar-refractivity contribution in [2.75, 3.05) is 6.61 Å². The predicted octanol–water partition coefficient (Wildman–Crippen LogP) is 1.06. The summed E-state index contributed by atoms with van der Waals surface area (Å²) in [6.07, 6.45) is 1.37. The van der Waals surface area contributed by atoms with Gasteiger partial charge in [-0.25, -0.2) is 0 Å². The van der Waals surface area contributed by atoms with Gasteiger partial charge in [0, 0.05) is 0 Å². The molecule has 86 valence electrons. The largest absolute Gasteiger partial charge is 0.394 e. The van der Waals surface area contributed by atoms with Gasteiger partial charge in [-0.05, 0) is 12.3 Å². The lowest BCUT2D eigenvalue weighted by Crippen LogP contribution is -2.43. The first-order valence-electron chi connectivity index (χ1n) is 5.37. The van der Waals surface area contributed by atoms with Crippen LogP contribution in [0.25, 0.3) is 0 Å². The number of amides is 1. The first-order valence-corrected chi connectivity index (χ1v) is 5.37. The van der Waals surface area contributed by atoms with Crippen LogP contribution >= 0.6 is 0 Å². The van der Waals surface area contributed by atoms with Gasteiger partial charge in [-0.15, -0.1) is 0 Å². The molecule has 0 aromatic carbocycles. The number of carbonyl (C=O) groups excluding carboxylic acids is 1. The Morgan fingerprint density at radius 1 is 1.53 bits per heavy atom. The number of hydrogen-bond acceptors (Lipinski definition) is 3. The molecule has 0 aliphatic carbocycles. The van der Waals surface area contributed by atoms with Crippen LogP contribution in [0, 0.1) is 23.2 Å². The van der Waals surface area contributed by atoms with E-state index in [0.29, 0.717) is 6.42 Å². The highest BCUT2D eigenvalue weighted by Gasteiger charge is 2.21. The number of aliphatic hydroxyl groups excluding tert-OH is 1. The number of nitrogens with zero attached hydrogens (tertiary/aromatic N) is 1. The van der Waals surface area contributed by atoms with E-state index in [-0.39, 0.29) is 24.5 Å². The monoisotopic (exact) mass is 212 g/mol. The molecule has 0 saturated heterocycles. The Morgan fingerprint density at radius 3 is 2.47 bits per heavy atom. The summed E-state index contributed by atoms with van der Waals surface area (Å²) in [5.41, 5.74) is 0. The van der Waals surface area contributed by atoms with Crippen LogP contribution < -0.4 is 5.32 Å². The van der Waals surface area contributed by atoms with Crippen molar-refractivity contribution in [1.29, 1.82) is 5.26 Å². The zero-order chi connectivity index (χ0) is 11.8. The SMILES string of the molecule is CCCC(C#N)C(=O)N[C@H](CO)C(C)C. The minimum Gasteiger partial charge on any atom is -0.394 e. The molecule has 2 N–H and O–H groups in total. The van der Waals surface area contributed by atoms with Crippen LogP contribution in [-0.2, 0) is 4.79 Å². The van der Waals surface area contributed by atoms with Gasteiger partial charge in [-0.2, -0.15) is 5.26 Å². The summed E-state index contributed by atoms with van der Waals surface area (Å²) >= 11 is 0. The second kappa shape index (κ2) is 7.24. The van der Waals surface area contributed by atoms with Crippen LogP contribution in [0.2, 0.25) is 0 Å². The molecule has 4 heteroatoms. The Labute approximate surface area is 91.3 Å². The van der Waals surface area contributed by atoms with Gasteiger partial charge in [0.25, 0.3) is 0 Å². The van der Waals surface area contributed by atoms with Crippen molar-refractivity contribution < 1.29 is 9.90 Å². The van der Waals surface area contributed by atoms with Gasteiger partial charge < -0.3 is 10.4 Å². The quantitative estimate of drug-likeness (QED) is 0.691. The Balaban J connectivity index is 4.26. The molecule has 1 unspecified atom stereocenters. The second-order valence-electron chi connectivity index (χ2n) is 4.01.